The molecule has 0 spiro atoms. The Balaban J connectivity index is 2.08. The molecule has 2 unspecified atom stereocenters. The monoisotopic (exact) mass is 263 g/mol. The Morgan fingerprint density at radius 1 is 1.42 bits per heavy atom. The van der Waals surface area contributed by atoms with Crippen LogP contribution in [0, 0.1) is 0 Å². The van der Waals surface area contributed by atoms with Crippen LogP contribution in [0.2, 0.25) is 0 Å². The average molecular weight is 263 g/mol. The molecule has 1 aliphatic heterocycles. The van der Waals surface area contributed by atoms with Gasteiger partial charge in [-0.25, -0.2) is 0 Å². The number of benzene rings is 1. The van der Waals surface area contributed by atoms with Gasteiger partial charge in [-0.2, -0.15) is 0 Å². The predicted molar refractivity (Wildman–Crippen MR) is 72.5 cm³/mol. The van der Waals surface area contributed by atoms with Gasteiger partial charge < -0.3 is 14.7 Å². The zero-order valence-corrected chi connectivity index (χ0v) is 11.5. The molecular formula is C15H21NO3. The number of nitrogens with zero attached hydrogens (tertiary/aromatic N) is 1. The molecule has 0 aliphatic carbocycles. The van der Waals surface area contributed by atoms with Crippen molar-refractivity contribution in [3.8, 4) is 0 Å². The van der Waals surface area contributed by atoms with Crippen molar-refractivity contribution in [2.24, 2.45) is 0 Å². The second-order valence-electron chi connectivity index (χ2n) is 5.34. The van der Waals surface area contributed by atoms with Crippen molar-refractivity contribution < 1.29 is 14.6 Å². The van der Waals surface area contributed by atoms with Crippen molar-refractivity contribution in [1.29, 1.82) is 0 Å². The smallest absolute Gasteiger partial charge is 0.255 e. The minimum Gasteiger partial charge on any atom is -0.393 e. The van der Waals surface area contributed by atoms with E-state index in [1.807, 2.05) is 30.3 Å². The summed E-state index contributed by atoms with van der Waals surface area (Å²) < 4.78 is 5.61. The topological polar surface area (TPSA) is 49.8 Å². The van der Waals surface area contributed by atoms with Crippen LogP contribution in [0.4, 0.5) is 0 Å². The van der Waals surface area contributed by atoms with Gasteiger partial charge in [-0.3, -0.25) is 4.79 Å². The van der Waals surface area contributed by atoms with Crippen molar-refractivity contribution in [3.05, 3.63) is 35.9 Å². The lowest BCUT2D eigenvalue weighted by molar-refractivity contribution is -0.174. The summed E-state index contributed by atoms with van der Waals surface area (Å²) in [6.45, 7) is 5.15. The molecule has 0 saturated carbocycles. The highest BCUT2D eigenvalue weighted by molar-refractivity contribution is 5.85. The van der Waals surface area contributed by atoms with E-state index in [4.69, 9.17) is 4.74 Å². The molecular weight excluding hydrogens is 242 g/mol. The molecule has 2 rings (SSSR count). The number of morpholine rings is 1. The zero-order valence-electron chi connectivity index (χ0n) is 11.5. The van der Waals surface area contributed by atoms with E-state index in [9.17, 15) is 9.90 Å². The first kappa shape index (κ1) is 14.0. The average Bonchev–Trinajstić information content (AvgIpc) is 2.36. The summed E-state index contributed by atoms with van der Waals surface area (Å²) in [6.07, 6.45) is -0.220. The van der Waals surface area contributed by atoms with Crippen LogP contribution in [-0.2, 0) is 16.1 Å². The number of ether oxygens (including phenoxy) is 1. The molecule has 1 saturated heterocycles. The number of aliphatic hydroxyl groups excluding tert-OH is 1. The van der Waals surface area contributed by atoms with Gasteiger partial charge in [0.05, 0.1) is 12.7 Å². The van der Waals surface area contributed by atoms with Gasteiger partial charge in [-0.05, 0) is 19.4 Å². The van der Waals surface area contributed by atoms with Gasteiger partial charge in [0, 0.05) is 19.5 Å². The number of aliphatic hydroxyl groups is 1. The maximum atomic E-state index is 12.5. The second-order valence-corrected chi connectivity index (χ2v) is 5.34. The lowest BCUT2D eigenvalue weighted by atomic mass is 9.95. The highest BCUT2D eigenvalue weighted by Gasteiger charge is 2.41. The van der Waals surface area contributed by atoms with Gasteiger partial charge >= 0.3 is 0 Å². The largest absolute Gasteiger partial charge is 0.393 e. The van der Waals surface area contributed by atoms with Crippen LogP contribution in [0.15, 0.2) is 30.3 Å². The Hall–Kier alpha value is -1.39. The molecule has 1 heterocycles. The van der Waals surface area contributed by atoms with E-state index < -0.39 is 11.7 Å². The Bertz CT molecular complexity index is 432. The standard InChI is InChI=1S/C15H21NO3/c1-12(17)10-15(2)14(18)16(8-9-19-15)11-13-6-4-3-5-7-13/h3-7,12,17H,8-11H2,1-2H3. The van der Waals surface area contributed by atoms with Gasteiger partial charge in [0.15, 0.2) is 0 Å². The maximum Gasteiger partial charge on any atom is 0.255 e. The van der Waals surface area contributed by atoms with E-state index in [-0.39, 0.29) is 5.91 Å². The number of hydrogen-bond acceptors (Lipinski definition) is 3. The van der Waals surface area contributed by atoms with Crippen molar-refractivity contribution >= 4 is 5.91 Å². The van der Waals surface area contributed by atoms with Crippen LogP contribution in [-0.4, -0.2) is 40.8 Å². The van der Waals surface area contributed by atoms with Gasteiger partial charge in [-0.15, -0.1) is 0 Å². The van der Waals surface area contributed by atoms with E-state index in [1.165, 1.54) is 0 Å². The summed E-state index contributed by atoms with van der Waals surface area (Å²) in [5.41, 5.74) is 0.207. The van der Waals surface area contributed by atoms with Crippen molar-refractivity contribution in [2.45, 2.75) is 38.5 Å². The summed E-state index contributed by atoms with van der Waals surface area (Å²) in [7, 11) is 0. The number of amides is 1. The first-order chi connectivity index (χ1) is 9.01. The molecule has 0 bridgehead atoms. The number of hydrogen-bond donors (Lipinski definition) is 1. The maximum absolute atomic E-state index is 12.5. The summed E-state index contributed by atoms with van der Waals surface area (Å²) in [5, 5.41) is 9.51. The molecule has 104 valence electrons. The van der Waals surface area contributed by atoms with Crippen molar-refractivity contribution in [1.82, 2.24) is 4.90 Å². The molecule has 1 aromatic rings. The molecule has 0 aromatic heterocycles. The highest BCUT2D eigenvalue weighted by Crippen LogP contribution is 2.25. The molecule has 1 fully saturated rings. The SMILES string of the molecule is CC(O)CC1(C)OCCN(Cc2ccccc2)C1=O. The Labute approximate surface area is 114 Å². The molecule has 1 N–H and O–H groups in total. The lowest BCUT2D eigenvalue weighted by Gasteiger charge is -2.40. The summed E-state index contributed by atoms with van der Waals surface area (Å²) in [5.74, 6) is -0.0384. The van der Waals surface area contributed by atoms with E-state index in [1.54, 1.807) is 18.7 Å². The quantitative estimate of drug-likeness (QED) is 0.897. The van der Waals surface area contributed by atoms with Crippen LogP contribution < -0.4 is 0 Å². The molecule has 4 nitrogen and oxygen atoms in total. The van der Waals surface area contributed by atoms with E-state index in [0.29, 0.717) is 26.1 Å². The Morgan fingerprint density at radius 2 is 2.11 bits per heavy atom. The highest BCUT2D eigenvalue weighted by atomic mass is 16.5. The van der Waals surface area contributed by atoms with Crippen LogP contribution in [0.3, 0.4) is 0 Å². The molecule has 1 aromatic carbocycles. The number of rotatable bonds is 4. The second kappa shape index (κ2) is 5.72. The van der Waals surface area contributed by atoms with Crippen molar-refractivity contribution in [2.75, 3.05) is 13.2 Å². The third-order valence-electron chi connectivity index (χ3n) is 3.42. The molecule has 1 amide bonds. The fourth-order valence-electron chi connectivity index (χ4n) is 2.54. The third-order valence-corrected chi connectivity index (χ3v) is 3.42. The summed E-state index contributed by atoms with van der Waals surface area (Å²) >= 11 is 0. The van der Waals surface area contributed by atoms with E-state index in [2.05, 4.69) is 0 Å². The number of carbonyl (C=O) groups is 1. The summed E-state index contributed by atoms with van der Waals surface area (Å²) in [4.78, 5) is 14.3. The van der Waals surface area contributed by atoms with Gasteiger partial charge in [-0.1, -0.05) is 30.3 Å². The minimum atomic E-state index is -0.902. The van der Waals surface area contributed by atoms with Crippen LogP contribution in [0.1, 0.15) is 25.8 Å². The minimum absolute atomic E-state index is 0.0384. The normalized spacial score (nSPS) is 25.4. The van der Waals surface area contributed by atoms with Gasteiger partial charge in [0.1, 0.15) is 5.60 Å². The van der Waals surface area contributed by atoms with Crippen LogP contribution in [0.25, 0.3) is 0 Å². The van der Waals surface area contributed by atoms with Crippen molar-refractivity contribution in [3.63, 3.8) is 0 Å². The predicted octanol–water partition coefficient (Wildman–Crippen LogP) is 1.57. The number of carbonyl (C=O) groups excluding carboxylic acids is 1. The molecule has 0 radical (unpaired) electrons. The molecule has 2 atom stereocenters. The lowest BCUT2D eigenvalue weighted by Crippen LogP contribution is -2.55. The molecule has 1 aliphatic rings. The molecule has 19 heavy (non-hydrogen) atoms. The third kappa shape index (κ3) is 3.33. The van der Waals surface area contributed by atoms with Gasteiger partial charge in [0.2, 0.25) is 0 Å². The summed E-state index contributed by atoms with van der Waals surface area (Å²) in [6, 6.07) is 9.91. The fraction of sp³-hybridized carbons (Fsp3) is 0.533. The Morgan fingerprint density at radius 3 is 2.74 bits per heavy atom. The first-order valence-electron chi connectivity index (χ1n) is 6.66. The first-order valence-corrected chi connectivity index (χ1v) is 6.66. The van der Waals surface area contributed by atoms with Gasteiger partial charge in [0.25, 0.3) is 5.91 Å². The van der Waals surface area contributed by atoms with E-state index in [0.717, 1.165) is 5.56 Å². The molecule has 4 heteroatoms. The zero-order chi connectivity index (χ0) is 13.9. The van der Waals surface area contributed by atoms with Crippen LogP contribution >= 0.6 is 0 Å². The van der Waals surface area contributed by atoms with E-state index >= 15 is 0 Å². The fourth-order valence-corrected chi connectivity index (χ4v) is 2.54. The Kier molecular flexibility index (Phi) is 4.22. The van der Waals surface area contributed by atoms with Crippen LogP contribution in [0.5, 0.6) is 0 Å².